The molecule has 1 aromatic heterocycles. The van der Waals surface area contributed by atoms with Gasteiger partial charge in [0.15, 0.2) is 0 Å². The Morgan fingerprint density at radius 3 is 2.43 bits per heavy atom. The average molecular weight is 315 g/mol. The minimum atomic E-state index is -4.41. The third kappa shape index (κ3) is 4.05. The molecule has 0 spiro atoms. The zero-order valence-electron chi connectivity index (χ0n) is 10.7. The molecule has 1 unspecified atom stereocenters. The lowest BCUT2D eigenvalue weighted by Gasteiger charge is -2.13. The second-order valence-electron chi connectivity index (χ2n) is 4.36. The van der Waals surface area contributed by atoms with E-state index >= 15 is 0 Å². The van der Waals surface area contributed by atoms with Crippen molar-refractivity contribution in [1.29, 1.82) is 0 Å². The molecule has 2 rings (SSSR count). The molecule has 0 aliphatic rings. The van der Waals surface area contributed by atoms with E-state index in [1.807, 2.05) is 0 Å². The summed E-state index contributed by atoms with van der Waals surface area (Å²) in [5, 5.41) is 15.8. The summed E-state index contributed by atoms with van der Waals surface area (Å²) in [5.41, 5.74) is 0.0222. The van der Waals surface area contributed by atoms with E-state index < -0.39 is 17.8 Å². The predicted molar refractivity (Wildman–Crippen MR) is 73.1 cm³/mol. The Morgan fingerprint density at radius 1 is 1.24 bits per heavy atom. The van der Waals surface area contributed by atoms with Gasteiger partial charge in [0.25, 0.3) is 5.91 Å². The lowest BCUT2D eigenvalue weighted by Crippen LogP contribution is -2.28. The summed E-state index contributed by atoms with van der Waals surface area (Å²) in [6.45, 7) is -0.0694. The van der Waals surface area contributed by atoms with Crippen LogP contribution in [-0.2, 0) is 6.18 Å². The van der Waals surface area contributed by atoms with Gasteiger partial charge in [-0.2, -0.15) is 24.5 Å². The van der Waals surface area contributed by atoms with Crippen LogP contribution in [0, 0.1) is 0 Å². The van der Waals surface area contributed by atoms with Gasteiger partial charge in [-0.3, -0.25) is 4.79 Å². The van der Waals surface area contributed by atoms with E-state index in [1.54, 1.807) is 16.8 Å². The van der Waals surface area contributed by atoms with Crippen molar-refractivity contribution in [3.63, 3.8) is 0 Å². The van der Waals surface area contributed by atoms with Crippen LogP contribution in [0.3, 0.4) is 0 Å². The zero-order valence-corrected chi connectivity index (χ0v) is 11.5. The van der Waals surface area contributed by atoms with Gasteiger partial charge in [-0.15, -0.1) is 0 Å². The maximum Gasteiger partial charge on any atom is 0.416 e. The number of rotatable bonds is 4. The Bertz CT molecular complexity index is 594. The number of amides is 1. The first-order valence-electron chi connectivity index (χ1n) is 6.03. The Balaban J connectivity index is 1.94. The molecule has 0 saturated carbocycles. The van der Waals surface area contributed by atoms with E-state index in [4.69, 9.17) is 0 Å². The first-order chi connectivity index (χ1) is 9.88. The van der Waals surface area contributed by atoms with Crippen molar-refractivity contribution < 1.29 is 23.1 Å². The van der Waals surface area contributed by atoms with Gasteiger partial charge >= 0.3 is 6.18 Å². The maximum atomic E-state index is 12.4. The highest BCUT2D eigenvalue weighted by atomic mass is 32.1. The molecular formula is C14H12F3NO2S. The van der Waals surface area contributed by atoms with Crippen LogP contribution in [-0.4, -0.2) is 17.6 Å². The van der Waals surface area contributed by atoms with Crippen molar-refractivity contribution >= 4 is 17.2 Å². The van der Waals surface area contributed by atoms with Gasteiger partial charge in [-0.1, -0.05) is 12.1 Å². The van der Waals surface area contributed by atoms with Crippen molar-refractivity contribution in [2.45, 2.75) is 12.3 Å². The monoisotopic (exact) mass is 315 g/mol. The minimum Gasteiger partial charge on any atom is -0.387 e. The summed E-state index contributed by atoms with van der Waals surface area (Å²) in [6, 6.07) is 5.84. The first kappa shape index (κ1) is 15.5. The predicted octanol–water partition coefficient (Wildman–Crippen LogP) is 3.23. The lowest BCUT2D eigenvalue weighted by molar-refractivity contribution is -0.137. The number of hydrogen-bond acceptors (Lipinski definition) is 3. The molecule has 21 heavy (non-hydrogen) atoms. The average Bonchev–Trinajstić information content (AvgIpc) is 2.98. The van der Waals surface area contributed by atoms with Gasteiger partial charge in [-0.05, 0) is 29.1 Å². The van der Waals surface area contributed by atoms with Gasteiger partial charge < -0.3 is 10.4 Å². The molecule has 7 heteroatoms. The minimum absolute atomic E-state index is 0.0694. The Hall–Kier alpha value is -1.86. The third-order valence-electron chi connectivity index (χ3n) is 2.86. The number of hydrogen-bond donors (Lipinski definition) is 2. The van der Waals surface area contributed by atoms with E-state index in [0.717, 1.165) is 12.1 Å². The van der Waals surface area contributed by atoms with E-state index in [2.05, 4.69) is 5.32 Å². The van der Waals surface area contributed by atoms with Crippen molar-refractivity contribution in [3.05, 3.63) is 57.8 Å². The molecule has 1 atom stereocenters. The maximum absolute atomic E-state index is 12.4. The van der Waals surface area contributed by atoms with Crippen LogP contribution in [0.1, 0.15) is 27.6 Å². The van der Waals surface area contributed by atoms with Crippen molar-refractivity contribution in [1.82, 2.24) is 5.32 Å². The Kier molecular flexibility index (Phi) is 4.64. The number of aliphatic hydroxyl groups excluding tert-OH is 1. The molecule has 0 radical (unpaired) electrons. The smallest absolute Gasteiger partial charge is 0.387 e. The SMILES string of the molecule is O=C(NCC(O)c1ccc(C(F)(F)F)cc1)c1ccsc1. The topological polar surface area (TPSA) is 49.3 Å². The van der Waals surface area contributed by atoms with Crippen molar-refractivity contribution in [2.24, 2.45) is 0 Å². The molecular weight excluding hydrogens is 303 g/mol. The highest BCUT2D eigenvalue weighted by molar-refractivity contribution is 7.08. The molecule has 0 aliphatic heterocycles. The standard InChI is InChI=1S/C14H12F3NO2S/c15-14(16,17)11-3-1-9(2-4-11)12(19)7-18-13(20)10-5-6-21-8-10/h1-6,8,12,19H,7H2,(H,18,20). The van der Waals surface area contributed by atoms with Crippen LogP contribution in [0.4, 0.5) is 13.2 Å². The summed E-state index contributed by atoms with van der Waals surface area (Å²) in [5.74, 6) is -0.331. The number of thiophene rings is 1. The summed E-state index contributed by atoms with van der Waals surface area (Å²) >= 11 is 1.37. The van der Waals surface area contributed by atoms with Gasteiger partial charge in [-0.25, -0.2) is 0 Å². The molecule has 2 aromatic rings. The zero-order chi connectivity index (χ0) is 15.5. The van der Waals surface area contributed by atoms with Crippen LogP contribution in [0.15, 0.2) is 41.1 Å². The molecule has 2 N–H and O–H groups in total. The molecule has 0 bridgehead atoms. The highest BCUT2D eigenvalue weighted by Gasteiger charge is 2.30. The second-order valence-corrected chi connectivity index (χ2v) is 5.14. The van der Waals surface area contributed by atoms with Gasteiger partial charge in [0, 0.05) is 17.5 Å². The van der Waals surface area contributed by atoms with Gasteiger partial charge in [0.2, 0.25) is 0 Å². The molecule has 0 aliphatic carbocycles. The fourth-order valence-electron chi connectivity index (χ4n) is 1.70. The number of aliphatic hydroxyl groups is 1. The normalized spacial score (nSPS) is 13.0. The number of carbonyl (C=O) groups excluding carboxylic acids is 1. The fraction of sp³-hybridized carbons (Fsp3) is 0.214. The molecule has 112 valence electrons. The molecule has 3 nitrogen and oxygen atoms in total. The van der Waals surface area contributed by atoms with Crippen LogP contribution in [0.2, 0.25) is 0 Å². The molecule has 0 fully saturated rings. The van der Waals surface area contributed by atoms with Gasteiger partial charge in [0.05, 0.1) is 11.7 Å². The number of nitrogens with one attached hydrogen (secondary N) is 1. The molecule has 1 amide bonds. The summed E-state index contributed by atoms with van der Waals surface area (Å²) in [7, 11) is 0. The number of halogens is 3. The van der Waals surface area contributed by atoms with Crippen molar-refractivity contribution in [3.8, 4) is 0 Å². The quantitative estimate of drug-likeness (QED) is 0.910. The molecule has 1 heterocycles. The van der Waals surface area contributed by atoms with E-state index in [0.29, 0.717) is 11.1 Å². The number of alkyl halides is 3. The Morgan fingerprint density at radius 2 is 1.90 bits per heavy atom. The molecule has 0 saturated heterocycles. The van der Waals surface area contributed by atoms with Crippen LogP contribution < -0.4 is 5.32 Å². The van der Waals surface area contributed by atoms with Crippen LogP contribution >= 0.6 is 11.3 Å². The highest BCUT2D eigenvalue weighted by Crippen LogP contribution is 2.29. The van der Waals surface area contributed by atoms with E-state index in [-0.39, 0.29) is 12.5 Å². The van der Waals surface area contributed by atoms with Gasteiger partial charge in [0.1, 0.15) is 0 Å². The van der Waals surface area contributed by atoms with E-state index in [1.165, 1.54) is 23.5 Å². The number of benzene rings is 1. The summed E-state index contributed by atoms with van der Waals surface area (Å²) in [6.07, 6.45) is -5.47. The van der Waals surface area contributed by atoms with E-state index in [9.17, 15) is 23.1 Å². The third-order valence-corrected chi connectivity index (χ3v) is 3.55. The largest absolute Gasteiger partial charge is 0.416 e. The van der Waals surface area contributed by atoms with Crippen molar-refractivity contribution in [2.75, 3.05) is 6.54 Å². The second kappa shape index (κ2) is 6.28. The number of carbonyl (C=O) groups is 1. The summed E-state index contributed by atoms with van der Waals surface area (Å²) in [4.78, 5) is 11.7. The van der Waals surface area contributed by atoms with Crippen LogP contribution in [0.5, 0.6) is 0 Å². The lowest BCUT2D eigenvalue weighted by atomic mass is 10.1. The first-order valence-corrected chi connectivity index (χ1v) is 6.98. The molecule has 1 aromatic carbocycles. The summed E-state index contributed by atoms with van der Waals surface area (Å²) < 4.78 is 37.2. The fourth-order valence-corrected chi connectivity index (χ4v) is 2.33. The Labute approximate surface area is 123 Å². The van der Waals surface area contributed by atoms with Crippen LogP contribution in [0.25, 0.3) is 0 Å².